The van der Waals surface area contributed by atoms with E-state index in [4.69, 9.17) is 5.11 Å². The zero-order chi connectivity index (χ0) is 12.4. The maximum absolute atomic E-state index is 10.5. The van der Waals surface area contributed by atoms with E-state index in [0.29, 0.717) is 5.57 Å². The van der Waals surface area contributed by atoms with E-state index in [0.717, 1.165) is 32.5 Å². The van der Waals surface area contributed by atoms with E-state index in [2.05, 4.69) is 18.7 Å². The lowest BCUT2D eigenvalue weighted by molar-refractivity contribution is -0.132. The Morgan fingerprint density at radius 2 is 1.81 bits per heavy atom. The SMILES string of the molecule is CCN(CC)CCCCCC=C(C)C(=O)O. The Kier molecular flexibility index (Phi) is 8.91. The van der Waals surface area contributed by atoms with E-state index >= 15 is 0 Å². The maximum Gasteiger partial charge on any atom is 0.330 e. The molecule has 0 aliphatic heterocycles. The first-order valence-electron chi connectivity index (χ1n) is 6.24. The summed E-state index contributed by atoms with van der Waals surface area (Å²) in [4.78, 5) is 12.9. The number of aliphatic carboxylic acids is 1. The van der Waals surface area contributed by atoms with Gasteiger partial charge in [0.15, 0.2) is 0 Å². The zero-order valence-corrected chi connectivity index (χ0v) is 10.8. The number of allylic oxidation sites excluding steroid dienone is 1. The highest BCUT2D eigenvalue weighted by Crippen LogP contribution is 2.05. The van der Waals surface area contributed by atoms with E-state index in [-0.39, 0.29) is 0 Å². The van der Waals surface area contributed by atoms with Gasteiger partial charge in [0.1, 0.15) is 0 Å². The van der Waals surface area contributed by atoms with E-state index in [9.17, 15) is 4.79 Å². The van der Waals surface area contributed by atoms with Crippen LogP contribution in [0.25, 0.3) is 0 Å². The predicted molar refractivity (Wildman–Crippen MR) is 67.6 cm³/mol. The third-order valence-electron chi connectivity index (χ3n) is 2.86. The van der Waals surface area contributed by atoms with Crippen LogP contribution in [-0.2, 0) is 4.79 Å². The van der Waals surface area contributed by atoms with Gasteiger partial charge < -0.3 is 10.0 Å². The van der Waals surface area contributed by atoms with Crippen molar-refractivity contribution in [2.24, 2.45) is 0 Å². The van der Waals surface area contributed by atoms with Crippen molar-refractivity contribution in [3.05, 3.63) is 11.6 Å². The van der Waals surface area contributed by atoms with Gasteiger partial charge in [0.2, 0.25) is 0 Å². The number of carboxylic acid groups (broad SMARTS) is 1. The zero-order valence-electron chi connectivity index (χ0n) is 10.8. The molecule has 0 heterocycles. The normalized spacial score (nSPS) is 12.1. The van der Waals surface area contributed by atoms with Crippen molar-refractivity contribution in [2.75, 3.05) is 19.6 Å². The van der Waals surface area contributed by atoms with Crippen LogP contribution < -0.4 is 0 Å². The molecule has 0 spiro atoms. The number of carboxylic acids is 1. The van der Waals surface area contributed by atoms with Crippen LogP contribution in [-0.4, -0.2) is 35.6 Å². The van der Waals surface area contributed by atoms with E-state index in [1.807, 2.05) is 6.08 Å². The molecule has 0 rings (SSSR count). The molecule has 0 aliphatic carbocycles. The molecule has 0 atom stereocenters. The maximum atomic E-state index is 10.5. The van der Waals surface area contributed by atoms with Gasteiger partial charge in [-0.25, -0.2) is 4.79 Å². The minimum Gasteiger partial charge on any atom is -0.478 e. The summed E-state index contributed by atoms with van der Waals surface area (Å²) in [7, 11) is 0. The van der Waals surface area contributed by atoms with Gasteiger partial charge in [-0.15, -0.1) is 0 Å². The van der Waals surface area contributed by atoms with Crippen LogP contribution in [0.3, 0.4) is 0 Å². The smallest absolute Gasteiger partial charge is 0.330 e. The molecular weight excluding hydrogens is 202 g/mol. The minimum absolute atomic E-state index is 0.462. The number of hydrogen-bond acceptors (Lipinski definition) is 2. The van der Waals surface area contributed by atoms with E-state index in [1.54, 1.807) is 6.92 Å². The monoisotopic (exact) mass is 227 g/mol. The lowest BCUT2D eigenvalue weighted by atomic mass is 10.1. The molecule has 0 aromatic rings. The van der Waals surface area contributed by atoms with Crippen LogP contribution in [0.15, 0.2) is 11.6 Å². The van der Waals surface area contributed by atoms with Gasteiger partial charge in [-0.1, -0.05) is 26.3 Å². The summed E-state index contributed by atoms with van der Waals surface area (Å²) >= 11 is 0. The fourth-order valence-electron chi connectivity index (χ4n) is 1.60. The summed E-state index contributed by atoms with van der Waals surface area (Å²) in [6, 6.07) is 0. The van der Waals surface area contributed by atoms with Crippen LogP contribution in [0.5, 0.6) is 0 Å². The van der Waals surface area contributed by atoms with Crippen LogP contribution in [0, 0.1) is 0 Å². The molecule has 94 valence electrons. The number of unbranched alkanes of at least 4 members (excludes halogenated alkanes) is 3. The first-order chi connectivity index (χ1) is 7.61. The van der Waals surface area contributed by atoms with Crippen molar-refractivity contribution in [1.29, 1.82) is 0 Å². The third kappa shape index (κ3) is 7.46. The highest BCUT2D eigenvalue weighted by molar-refractivity contribution is 5.85. The molecule has 3 nitrogen and oxygen atoms in total. The summed E-state index contributed by atoms with van der Waals surface area (Å²) < 4.78 is 0. The summed E-state index contributed by atoms with van der Waals surface area (Å²) in [5.41, 5.74) is 0.462. The second-order valence-electron chi connectivity index (χ2n) is 4.07. The molecule has 0 saturated heterocycles. The van der Waals surface area contributed by atoms with Crippen LogP contribution in [0.2, 0.25) is 0 Å². The summed E-state index contributed by atoms with van der Waals surface area (Å²) in [5, 5.41) is 8.65. The van der Waals surface area contributed by atoms with Gasteiger partial charge in [0.05, 0.1) is 0 Å². The average molecular weight is 227 g/mol. The minimum atomic E-state index is -0.803. The first kappa shape index (κ1) is 15.2. The first-order valence-corrected chi connectivity index (χ1v) is 6.24. The van der Waals surface area contributed by atoms with Gasteiger partial charge >= 0.3 is 5.97 Å². The lowest BCUT2D eigenvalue weighted by Crippen LogP contribution is -2.23. The Labute approximate surface area is 99.1 Å². The van der Waals surface area contributed by atoms with Crippen LogP contribution in [0.1, 0.15) is 46.5 Å². The highest BCUT2D eigenvalue weighted by Gasteiger charge is 1.99. The largest absolute Gasteiger partial charge is 0.478 e. The fourth-order valence-corrected chi connectivity index (χ4v) is 1.60. The topological polar surface area (TPSA) is 40.5 Å². The number of nitrogens with zero attached hydrogens (tertiary/aromatic N) is 1. The quantitative estimate of drug-likeness (QED) is 0.486. The molecule has 0 aliphatic rings. The Balaban J connectivity index is 3.47. The molecule has 0 amide bonds. The molecule has 0 unspecified atom stereocenters. The Bertz CT molecular complexity index is 220. The molecular formula is C13H25NO2. The number of hydrogen-bond donors (Lipinski definition) is 1. The molecule has 0 bridgehead atoms. The summed E-state index contributed by atoms with van der Waals surface area (Å²) in [6.45, 7) is 9.42. The van der Waals surface area contributed by atoms with Crippen molar-refractivity contribution >= 4 is 5.97 Å². The lowest BCUT2D eigenvalue weighted by Gasteiger charge is -2.17. The second-order valence-corrected chi connectivity index (χ2v) is 4.07. The summed E-state index contributed by atoms with van der Waals surface area (Å²) in [5.74, 6) is -0.803. The van der Waals surface area contributed by atoms with Gasteiger partial charge in [0, 0.05) is 5.57 Å². The average Bonchev–Trinajstić information content (AvgIpc) is 2.27. The van der Waals surface area contributed by atoms with Crippen molar-refractivity contribution < 1.29 is 9.90 Å². The van der Waals surface area contributed by atoms with Crippen molar-refractivity contribution in [3.63, 3.8) is 0 Å². The standard InChI is InChI=1S/C13H25NO2/c1-4-14(5-2)11-9-7-6-8-10-12(3)13(15)16/h10H,4-9,11H2,1-3H3,(H,15,16). The van der Waals surface area contributed by atoms with Crippen LogP contribution >= 0.6 is 0 Å². The van der Waals surface area contributed by atoms with Gasteiger partial charge in [-0.3, -0.25) is 0 Å². The van der Waals surface area contributed by atoms with Crippen molar-refractivity contribution in [3.8, 4) is 0 Å². The Hall–Kier alpha value is -0.830. The van der Waals surface area contributed by atoms with E-state index < -0.39 is 5.97 Å². The second kappa shape index (κ2) is 9.40. The predicted octanol–water partition coefficient (Wildman–Crippen LogP) is 2.92. The Morgan fingerprint density at radius 3 is 2.31 bits per heavy atom. The Morgan fingerprint density at radius 1 is 1.19 bits per heavy atom. The van der Waals surface area contributed by atoms with Gasteiger partial charge in [-0.05, 0) is 45.8 Å². The third-order valence-corrected chi connectivity index (χ3v) is 2.86. The molecule has 0 aromatic heterocycles. The molecule has 0 fully saturated rings. The highest BCUT2D eigenvalue weighted by atomic mass is 16.4. The van der Waals surface area contributed by atoms with Crippen LogP contribution in [0.4, 0.5) is 0 Å². The molecule has 0 radical (unpaired) electrons. The molecule has 0 aromatic carbocycles. The van der Waals surface area contributed by atoms with Gasteiger partial charge in [0.25, 0.3) is 0 Å². The molecule has 3 heteroatoms. The number of carbonyl (C=O) groups is 1. The van der Waals surface area contributed by atoms with E-state index in [1.165, 1.54) is 12.8 Å². The fraction of sp³-hybridized carbons (Fsp3) is 0.769. The summed E-state index contributed by atoms with van der Waals surface area (Å²) in [6.07, 6.45) is 6.18. The van der Waals surface area contributed by atoms with Crippen molar-refractivity contribution in [1.82, 2.24) is 4.90 Å². The van der Waals surface area contributed by atoms with Crippen molar-refractivity contribution in [2.45, 2.75) is 46.5 Å². The molecule has 0 saturated carbocycles. The molecule has 1 N–H and O–H groups in total. The number of rotatable bonds is 9. The van der Waals surface area contributed by atoms with Gasteiger partial charge in [-0.2, -0.15) is 0 Å². The molecule has 16 heavy (non-hydrogen) atoms.